The lowest BCUT2D eigenvalue weighted by Gasteiger charge is -2.34. The summed E-state index contributed by atoms with van der Waals surface area (Å²) in [6, 6.07) is 37.8. The number of aliphatic hydroxyl groups excluding tert-OH is 1. The molecule has 2 atom stereocenters. The van der Waals surface area contributed by atoms with E-state index in [0.29, 0.717) is 42.9 Å². The van der Waals surface area contributed by atoms with Gasteiger partial charge in [-0.15, -0.1) is 0 Å². The summed E-state index contributed by atoms with van der Waals surface area (Å²) >= 11 is 6.07. The predicted octanol–water partition coefficient (Wildman–Crippen LogP) is 6.53. The molecule has 1 amide bonds. The second kappa shape index (κ2) is 14.8. The van der Waals surface area contributed by atoms with Crippen LogP contribution in [0.2, 0.25) is 0 Å². The van der Waals surface area contributed by atoms with Crippen molar-refractivity contribution >= 4 is 17.9 Å². The average Bonchev–Trinajstić information content (AvgIpc) is 3.21. The third-order valence-corrected chi connectivity index (χ3v) is 7.78. The topological polar surface area (TPSA) is 73.2 Å². The number of nitrogens with zero attached hydrogens (tertiary/aromatic N) is 2. The fourth-order valence-electron chi connectivity index (χ4n) is 4.77. The van der Waals surface area contributed by atoms with Crippen molar-refractivity contribution in [1.82, 2.24) is 9.32 Å². The fourth-order valence-corrected chi connectivity index (χ4v) is 4.94. The Bertz CT molecular complexity index is 1270. The smallest absolute Gasteiger partial charge is 0.410 e. The van der Waals surface area contributed by atoms with Crippen LogP contribution >= 0.6 is 11.8 Å². The van der Waals surface area contributed by atoms with Crippen LogP contribution in [-0.4, -0.2) is 51.3 Å². The molecule has 6 nitrogen and oxygen atoms in total. The molecule has 0 bridgehead atoms. The number of carbonyl (C=O) groups excluding carboxylic acids is 1. The molecule has 5 rings (SSSR count). The van der Waals surface area contributed by atoms with Crippen LogP contribution < -0.4 is 0 Å². The van der Waals surface area contributed by atoms with Gasteiger partial charge in [-0.25, -0.2) is 9.21 Å². The van der Waals surface area contributed by atoms with Gasteiger partial charge in [0.05, 0.1) is 0 Å². The van der Waals surface area contributed by atoms with Gasteiger partial charge in [0.1, 0.15) is 18.3 Å². The molecular formula is C34H37ClN2O4. The minimum Gasteiger partial charge on any atom is -0.445 e. The third kappa shape index (κ3) is 7.96. The third-order valence-electron chi connectivity index (χ3n) is 7.28. The van der Waals surface area contributed by atoms with E-state index in [0.717, 1.165) is 12.0 Å². The predicted molar refractivity (Wildman–Crippen MR) is 162 cm³/mol. The summed E-state index contributed by atoms with van der Waals surface area (Å²) in [4.78, 5) is 13.7. The summed E-state index contributed by atoms with van der Waals surface area (Å²) in [5.41, 5.74) is 1.51. The van der Waals surface area contributed by atoms with Gasteiger partial charge >= 0.3 is 6.09 Å². The van der Waals surface area contributed by atoms with Crippen LogP contribution in [0, 0.1) is 0 Å². The van der Waals surface area contributed by atoms with Gasteiger partial charge in [0.2, 0.25) is 0 Å². The number of hydrogen-bond acceptors (Lipinski definition) is 5. The van der Waals surface area contributed by atoms with E-state index >= 15 is 0 Å². The van der Waals surface area contributed by atoms with Crippen LogP contribution in [0.1, 0.15) is 41.7 Å². The molecule has 0 unspecified atom stereocenters. The number of hydrogen-bond donors (Lipinski definition) is 2. The van der Waals surface area contributed by atoms with E-state index in [9.17, 15) is 15.0 Å². The first-order chi connectivity index (χ1) is 19.9. The molecule has 0 spiro atoms. The monoisotopic (exact) mass is 572 g/mol. The van der Waals surface area contributed by atoms with Crippen LogP contribution in [-0.2, 0) is 16.9 Å². The number of halogens is 1. The number of aliphatic hydroxyl groups is 2. The van der Waals surface area contributed by atoms with Crippen molar-refractivity contribution in [2.45, 2.75) is 37.7 Å². The lowest BCUT2D eigenvalue weighted by molar-refractivity contribution is -0.0517. The second-order valence-electron chi connectivity index (χ2n) is 10.1. The molecule has 1 heterocycles. The van der Waals surface area contributed by atoms with Gasteiger partial charge in [-0.05, 0) is 47.4 Å². The SMILES string of the molecule is C[C@@H]1CCN(C(=O)OCc2ccccc2)CCN1Cl.O[C@H](c1ccccc1)C(O)(c1ccccc1)c1ccccc1. The molecule has 214 valence electrons. The molecule has 4 aromatic rings. The van der Waals surface area contributed by atoms with Gasteiger partial charge in [0.25, 0.3) is 0 Å². The van der Waals surface area contributed by atoms with Crippen molar-refractivity contribution < 1.29 is 19.7 Å². The van der Waals surface area contributed by atoms with Crippen LogP contribution in [0.15, 0.2) is 121 Å². The number of benzene rings is 4. The van der Waals surface area contributed by atoms with Crippen molar-refractivity contribution in [2.24, 2.45) is 0 Å². The molecule has 7 heteroatoms. The minimum absolute atomic E-state index is 0.261. The summed E-state index contributed by atoms with van der Waals surface area (Å²) in [5.74, 6) is 0. The van der Waals surface area contributed by atoms with E-state index in [1.165, 1.54) is 0 Å². The molecule has 4 aromatic carbocycles. The summed E-state index contributed by atoms with van der Waals surface area (Å²) in [7, 11) is 0. The zero-order chi connectivity index (χ0) is 29.1. The summed E-state index contributed by atoms with van der Waals surface area (Å²) in [6.45, 7) is 4.35. The molecule has 1 saturated heterocycles. The largest absolute Gasteiger partial charge is 0.445 e. The van der Waals surface area contributed by atoms with Crippen LogP contribution in [0.25, 0.3) is 0 Å². The first-order valence-electron chi connectivity index (χ1n) is 13.8. The molecule has 1 fully saturated rings. The Morgan fingerprint density at radius 1 is 0.829 bits per heavy atom. The van der Waals surface area contributed by atoms with Crippen LogP contribution in [0.4, 0.5) is 4.79 Å². The summed E-state index contributed by atoms with van der Waals surface area (Å²) < 4.78 is 7.07. The Morgan fingerprint density at radius 2 is 1.32 bits per heavy atom. The highest BCUT2D eigenvalue weighted by Crippen LogP contribution is 2.40. The number of carbonyl (C=O) groups is 1. The maximum Gasteiger partial charge on any atom is 0.410 e. The van der Waals surface area contributed by atoms with Gasteiger partial charge in [-0.1, -0.05) is 121 Å². The molecule has 1 aliphatic heterocycles. The second-order valence-corrected chi connectivity index (χ2v) is 10.5. The first kappa shape index (κ1) is 30.3. The Labute approximate surface area is 247 Å². The van der Waals surface area contributed by atoms with Crippen molar-refractivity contribution in [1.29, 1.82) is 0 Å². The lowest BCUT2D eigenvalue weighted by Crippen LogP contribution is -2.35. The number of rotatable bonds is 6. The molecule has 1 aliphatic rings. The van der Waals surface area contributed by atoms with Crippen molar-refractivity contribution in [3.8, 4) is 0 Å². The molecule has 0 radical (unpaired) electrons. The molecular weight excluding hydrogens is 536 g/mol. The van der Waals surface area contributed by atoms with E-state index in [4.69, 9.17) is 16.5 Å². The van der Waals surface area contributed by atoms with E-state index < -0.39 is 11.7 Å². The first-order valence-corrected chi connectivity index (χ1v) is 14.2. The molecule has 0 aromatic heterocycles. The van der Waals surface area contributed by atoms with Crippen molar-refractivity contribution in [3.63, 3.8) is 0 Å². The van der Waals surface area contributed by atoms with Crippen LogP contribution in [0.3, 0.4) is 0 Å². The minimum atomic E-state index is -1.50. The van der Waals surface area contributed by atoms with Gasteiger partial charge in [-0.3, -0.25) is 0 Å². The van der Waals surface area contributed by atoms with Crippen molar-refractivity contribution in [3.05, 3.63) is 144 Å². The van der Waals surface area contributed by atoms with Crippen molar-refractivity contribution in [2.75, 3.05) is 19.6 Å². The summed E-state index contributed by atoms with van der Waals surface area (Å²) in [5, 5.41) is 22.3. The Hall–Kier alpha value is -3.68. The molecule has 41 heavy (non-hydrogen) atoms. The number of amides is 1. The normalized spacial score (nSPS) is 16.6. The molecule has 0 saturated carbocycles. The fraction of sp³-hybridized carbons (Fsp3) is 0.265. The number of ether oxygens (including phenoxy) is 1. The Morgan fingerprint density at radius 3 is 1.85 bits per heavy atom. The zero-order valence-corrected chi connectivity index (χ0v) is 24.0. The zero-order valence-electron chi connectivity index (χ0n) is 23.2. The van der Waals surface area contributed by atoms with Gasteiger partial charge in [-0.2, -0.15) is 0 Å². The Balaban J connectivity index is 0.000000191. The van der Waals surface area contributed by atoms with E-state index in [1.54, 1.807) is 9.32 Å². The summed E-state index contributed by atoms with van der Waals surface area (Å²) in [6.07, 6.45) is -0.453. The van der Waals surface area contributed by atoms with Crippen LogP contribution in [0.5, 0.6) is 0 Å². The highest BCUT2D eigenvalue weighted by Gasteiger charge is 2.40. The van der Waals surface area contributed by atoms with E-state index in [2.05, 4.69) is 6.92 Å². The Kier molecular flexibility index (Phi) is 10.9. The van der Waals surface area contributed by atoms with Gasteiger partial charge in [0.15, 0.2) is 0 Å². The van der Waals surface area contributed by atoms with E-state index in [1.807, 2.05) is 121 Å². The van der Waals surface area contributed by atoms with E-state index in [-0.39, 0.29) is 12.1 Å². The lowest BCUT2D eigenvalue weighted by atomic mass is 9.79. The average molecular weight is 573 g/mol. The molecule has 2 N–H and O–H groups in total. The van der Waals surface area contributed by atoms with Gasteiger partial charge < -0.3 is 19.8 Å². The maximum absolute atomic E-state index is 12.0. The highest BCUT2D eigenvalue weighted by molar-refractivity contribution is 6.13. The highest BCUT2D eigenvalue weighted by atomic mass is 35.5. The molecule has 0 aliphatic carbocycles. The standard InChI is InChI=1S/C20H18O2.C14H19ClN2O2/c21-19(16-10-4-1-5-11-16)20(22,17-12-6-2-7-13-17)18-14-8-3-9-15-18;1-12-7-8-16(9-10-17(12)15)14(18)19-11-13-5-3-2-4-6-13/h1-15,19,21-22H;2-6,12H,7-11H2,1H3/t19-;12-/m11/s1. The van der Waals surface area contributed by atoms with Gasteiger partial charge in [0, 0.05) is 25.7 Å². The maximum atomic E-state index is 12.0. The quantitative estimate of drug-likeness (QED) is 0.257.